The van der Waals surface area contributed by atoms with Gasteiger partial charge >= 0.3 is 0 Å². The second-order valence-corrected chi connectivity index (χ2v) is 7.97. The maximum atomic E-state index is 6.50. The molecule has 0 saturated carbocycles. The van der Waals surface area contributed by atoms with Crippen LogP contribution in [-0.4, -0.2) is 51.3 Å². The molecule has 0 spiro atoms. The third-order valence-corrected chi connectivity index (χ3v) is 5.63. The van der Waals surface area contributed by atoms with Crippen molar-refractivity contribution in [1.29, 1.82) is 0 Å². The summed E-state index contributed by atoms with van der Waals surface area (Å²) in [5.74, 6) is 0.635. The summed E-state index contributed by atoms with van der Waals surface area (Å²) in [4.78, 5) is 11.7. The molecule has 1 saturated heterocycles. The average Bonchev–Trinajstić information content (AvgIpc) is 3.39. The lowest BCUT2D eigenvalue weighted by Gasteiger charge is -2.17. The Balaban J connectivity index is 1.66. The molecule has 2 aromatic heterocycles. The monoisotopic (exact) mass is 420 g/mol. The van der Waals surface area contributed by atoms with Crippen molar-refractivity contribution in [3.05, 3.63) is 53.7 Å². The van der Waals surface area contributed by atoms with Gasteiger partial charge in [0.25, 0.3) is 5.88 Å². The minimum Gasteiger partial charge on any atom is -0.470 e. The zero-order valence-electron chi connectivity index (χ0n) is 16.5. The van der Waals surface area contributed by atoms with Crippen LogP contribution in [-0.2, 0) is 0 Å². The normalized spacial score (nSPS) is 16.9. The molecule has 0 aliphatic carbocycles. The number of aromatic amines is 1. The number of hydrogen-bond donors (Lipinski definition) is 2. The maximum Gasteiger partial charge on any atom is 0.258 e. The van der Waals surface area contributed by atoms with E-state index in [0.29, 0.717) is 22.3 Å². The Labute approximate surface area is 178 Å². The van der Waals surface area contributed by atoms with Gasteiger partial charge < -0.3 is 15.4 Å². The molecule has 1 fully saturated rings. The molecule has 5 rings (SSSR count). The number of nitrogens with two attached hydrogens (primary N) is 1. The summed E-state index contributed by atoms with van der Waals surface area (Å²) in [5.41, 5.74) is 10.2. The number of nitrogens with one attached hydrogen (secondary N) is 1. The molecule has 0 radical (unpaired) electrons. The van der Waals surface area contributed by atoms with Crippen LogP contribution >= 0.6 is 11.6 Å². The highest BCUT2D eigenvalue weighted by atomic mass is 35.5. The predicted octanol–water partition coefficient (Wildman–Crippen LogP) is 4.01. The lowest BCUT2D eigenvalue weighted by molar-refractivity contribution is 0.201. The molecule has 1 atom stereocenters. The van der Waals surface area contributed by atoms with Crippen LogP contribution in [0.25, 0.3) is 33.4 Å². The topological polar surface area (TPSA) is 93.0 Å². The zero-order chi connectivity index (χ0) is 20.7. The highest BCUT2D eigenvalue weighted by Crippen LogP contribution is 2.36. The number of halogens is 1. The fourth-order valence-corrected chi connectivity index (χ4v) is 4.09. The second kappa shape index (κ2) is 7.59. The highest BCUT2D eigenvalue weighted by molar-refractivity contribution is 6.35. The first kappa shape index (κ1) is 18.8. The average molecular weight is 421 g/mol. The summed E-state index contributed by atoms with van der Waals surface area (Å²) in [6.07, 6.45) is 2.71. The van der Waals surface area contributed by atoms with Crippen molar-refractivity contribution in [1.82, 2.24) is 25.1 Å². The van der Waals surface area contributed by atoms with E-state index in [2.05, 4.69) is 27.1 Å². The molecule has 7 nitrogen and oxygen atoms in total. The second-order valence-electron chi connectivity index (χ2n) is 7.56. The van der Waals surface area contributed by atoms with E-state index in [1.165, 1.54) is 0 Å². The van der Waals surface area contributed by atoms with Gasteiger partial charge in [0, 0.05) is 29.6 Å². The molecular formula is C22H21ClN6O. The summed E-state index contributed by atoms with van der Waals surface area (Å²) in [6, 6.07) is 13.7. The van der Waals surface area contributed by atoms with Crippen molar-refractivity contribution in [3.8, 4) is 28.4 Å². The minimum absolute atomic E-state index is 0.0435. The molecule has 3 heterocycles. The lowest BCUT2D eigenvalue weighted by atomic mass is 10.0. The minimum atomic E-state index is 0.0435. The number of rotatable bonds is 4. The molecular weight excluding hydrogens is 400 g/mol. The van der Waals surface area contributed by atoms with E-state index in [0.717, 1.165) is 41.5 Å². The summed E-state index contributed by atoms with van der Waals surface area (Å²) >= 11 is 6.50. The number of likely N-dealkylation sites (tertiary alicyclic amines) is 1. The quantitative estimate of drug-likeness (QED) is 0.518. The van der Waals surface area contributed by atoms with Crippen LogP contribution in [0.1, 0.15) is 6.42 Å². The summed E-state index contributed by atoms with van der Waals surface area (Å²) < 4.78 is 6.14. The molecule has 4 aromatic rings. The van der Waals surface area contributed by atoms with Gasteiger partial charge in [-0.15, -0.1) is 0 Å². The first-order valence-electron chi connectivity index (χ1n) is 9.79. The van der Waals surface area contributed by atoms with E-state index >= 15 is 0 Å². The van der Waals surface area contributed by atoms with Crippen molar-refractivity contribution in [2.45, 2.75) is 12.5 Å². The molecule has 152 valence electrons. The van der Waals surface area contributed by atoms with Crippen LogP contribution < -0.4 is 10.5 Å². The molecule has 0 amide bonds. The molecule has 1 unspecified atom stereocenters. The van der Waals surface area contributed by atoms with Crippen molar-refractivity contribution in [3.63, 3.8) is 0 Å². The number of nitrogens with zero attached hydrogens (tertiary/aromatic N) is 4. The number of fused-ring (bicyclic) bond motifs is 1. The Bertz CT molecular complexity index is 1210. The number of aromatic nitrogens is 4. The van der Waals surface area contributed by atoms with E-state index in [1.54, 1.807) is 6.20 Å². The Kier molecular flexibility index (Phi) is 4.77. The van der Waals surface area contributed by atoms with Gasteiger partial charge in [-0.25, -0.2) is 9.97 Å². The number of benzene rings is 2. The maximum absolute atomic E-state index is 6.50. The third-order valence-electron chi connectivity index (χ3n) is 5.34. The predicted molar refractivity (Wildman–Crippen MR) is 119 cm³/mol. The van der Waals surface area contributed by atoms with Gasteiger partial charge in [-0.1, -0.05) is 41.9 Å². The first-order chi connectivity index (χ1) is 14.6. The van der Waals surface area contributed by atoms with Crippen LogP contribution in [0.15, 0.2) is 48.7 Å². The fourth-order valence-electron chi connectivity index (χ4n) is 3.82. The number of likely N-dealkylation sites (N-methyl/N-ethyl adjacent to an activating group) is 1. The molecule has 1 aliphatic rings. The standard InChI is InChI=1S/C22H21ClN6O/c1-29-8-7-16(12-29)30-22-21(24)26-19(13-5-3-2-4-6-13)20(27-22)14-9-15-11-25-28-18(15)17(23)10-14/h2-6,9-11,16H,7-8,12H2,1H3,(H2,24,26)(H,25,28). The summed E-state index contributed by atoms with van der Waals surface area (Å²) in [7, 11) is 2.07. The Morgan fingerprint density at radius 2 is 1.93 bits per heavy atom. The number of H-pyrrole nitrogens is 1. The fraction of sp³-hybridized carbons (Fsp3) is 0.227. The van der Waals surface area contributed by atoms with E-state index in [4.69, 9.17) is 27.1 Å². The highest BCUT2D eigenvalue weighted by Gasteiger charge is 2.24. The van der Waals surface area contributed by atoms with Gasteiger partial charge in [-0.05, 0) is 25.6 Å². The van der Waals surface area contributed by atoms with E-state index < -0.39 is 0 Å². The number of nitrogen functional groups attached to an aromatic ring is 1. The summed E-state index contributed by atoms with van der Waals surface area (Å²) in [5, 5.41) is 8.47. The Morgan fingerprint density at radius 3 is 2.70 bits per heavy atom. The first-order valence-corrected chi connectivity index (χ1v) is 10.2. The molecule has 0 bridgehead atoms. The number of hydrogen-bond acceptors (Lipinski definition) is 6. The summed E-state index contributed by atoms with van der Waals surface area (Å²) in [6.45, 7) is 1.82. The molecule has 3 N–H and O–H groups in total. The van der Waals surface area contributed by atoms with Gasteiger partial charge in [-0.2, -0.15) is 5.10 Å². The van der Waals surface area contributed by atoms with E-state index in [9.17, 15) is 0 Å². The van der Waals surface area contributed by atoms with Crippen molar-refractivity contribution < 1.29 is 4.74 Å². The van der Waals surface area contributed by atoms with Gasteiger partial charge in [0.2, 0.25) is 0 Å². The smallest absolute Gasteiger partial charge is 0.258 e. The Hall–Kier alpha value is -3.16. The van der Waals surface area contributed by atoms with Crippen molar-refractivity contribution >= 4 is 28.3 Å². The van der Waals surface area contributed by atoms with Crippen LogP contribution in [0, 0.1) is 0 Å². The molecule has 8 heteroatoms. The van der Waals surface area contributed by atoms with E-state index in [1.807, 2.05) is 42.5 Å². The van der Waals surface area contributed by atoms with Crippen LogP contribution in [0.4, 0.5) is 5.82 Å². The van der Waals surface area contributed by atoms with E-state index in [-0.39, 0.29) is 11.9 Å². The molecule has 2 aromatic carbocycles. The SMILES string of the molecule is CN1CCC(Oc2nc(-c3cc(Cl)c4[nH]ncc4c3)c(-c3ccccc3)nc2N)C1. The van der Waals surface area contributed by atoms with Gasteiger partial charge in [0.1, 0.15) is 11.8 Å². The molecule has 30 heavy (non-hydrogen) atoms. The molecule has 1 aliphatic heterocycles. The van der Waals surface area contributed by atoms with Crippen LogP contribution in [0.3, 0.4) is 0 Å². The van der Waals surface area contributed by atoms with Crippen molar-refractivity contribution in [2.75, 3.05) is 25.9 Å². The lowest BCUT2D eigenvalue weighted by Crippen LogP contribution is -2.22. The van der Waals surface area contributed by atoms with Crippen molar-refractivity contribution in [2.24, 2.45) is 0 Å². The van der Waals surface area contributed by atoms with Gasteiger partial charge in [0.15, 0.2) is 5.82 Å². The van der Waals surface area contributed by atoms with Gasteiger partial charge in [0.05, 0.1) is 22.4 Å². The number of anilines is 1. The van der Waals surface area contributed by atoms with Crippen LogP contribution in [0.2, 0.25) is 5.02 Å². The largest absolute Gasteiger partial charge is 0.470 e. The zero-order valence-corrected chi connectivity index (χ0v) is 17.2. The Morgan fingerprint density at radius 1 is 1.13 bits per heavy atom. The van der Waals surface area contributed by atoms with Crippen LogP contribution in [0.5, 0.6) is 5.88 Å². The third kappa shape index (κ3) is 3.46. The van der Waals surface area contributed by atoms with Gasteiger partial charge in [-0.3, -0.25) is 5.10 Å². The number of ether oxygens (including phenoxy) is 1.